The summed E-state index contributed by atoms with van der Waals surface area (Å²) in [6.07, 6.45) is 3.74. The summed E-state index contributed by atoms with van der Waals surface area (Å²) < 4.78 is 23.4. The first-order valence-corrected chi connectivity index (χ1v) is 17.7. The van der Waals surface area contributed by atoms with Gasteiger partial charge in [-0.1, -0.05) is 41.5 Å². The van der Waals surface area contributed by atoms with Crippen LogP contribution in [-0.2, 0) is 42.9 Å². The van der Waals surface area contributed by atoms with E-state index < -0.39 is 36.4 Å². The van der Waals surface area contributed by atoms with E-state index in [2.05, 4.69) is 41.5 Å². The summed E-state index contributed by atoms with van der Waals surface area (Å²) >= 11 is 0. The maximum atomic E-state index is 14.0. The molecule has 4 aliphatic carbocycles. The van der Waals surface area contributed by atoms with Crippen molar-refractivity contribution in [3.8, 4) is 0 Å². The standard InChI is InChI=1S/C37H58O9/c1-11-25(19(2)3)35(46-24(8)41)34(45-23(7)40)20(4)27-12-13-28-26-16-31(42)30-17-32(43-21(5)38)33(44-22(6)39)18-37(30,10)29(26)14-15-36(27,28)9/h19-20,25-30,32-35H,11-18H2,1-10H3/t20-,25-,26-,27+,28-,29-,30+,32-,33+,34+,35+,36+,37+/m0/s1. The summed E-state index contributed by atoms with van der Waals surface area (Å²) in [7, 11) is 0. The summed E-state index contributed by atoms with van der Waals surface area (Å²) in [4.78, 5) is 62.9. The van der Waals surface area contributed by atoms with Gasteiger partial charge in [0, 0.05) is 51.9 Å². The molecule has 0 aromatic carbocycles. The Morgan fingerprint density at radius 1 is 0.783 bits per heavy atom. The molecule has 0 saturated heterocycles. The molecular weight excluding hydrogens is 588 g/mol. The molecule has 0 amide bonds. The van der Waals surface area contributed by atoms with Crippen molar-refractivity contribution in [2.24, 2.45) is 58.2 Å². The molecule has 0 unspecified atom stereocenters. The lowest BCUT2D eigenvalue weighted by Crippen LogP contribution is -2.60. The highest BCUT2D eigenvalue weighted by molar-refractivity contribution is 5.83. The molecule has 0 aliphatic heterocycles. The Hall–Kier alpha value is -2.45. The highest BCUT2D eigenvalue weighted by atomic mass is 16.6. The lowest BCUT2D eigenvalue weighted by molar-refractivity contribution is -0.197. The third kappa shape index (κ3) is 6.89. The Balaban J connectivity index is 1.64. The van der Waals surface area contributed by atoms with Crippen molar-refractivity contribution in [2.45, 2.75) is 145 Å². The third-order valence-electron chi connectivity index (χ3n) is 13.0. The molecule has 4 saturated carbocycles. The summed E-state index contributed by atoms with van der Waals surface area (Å²) in [5.41, 5.74) is -0.443. The van der Waals surface area contributed by atoms with Gasteiger partial charge in [-0.05, 0) is 85.4 Å². The highest BCUT2D eigenvalue weighted by Gasteiger charge is 2.65. The zero-order chi connectivity index (χ0) is 34.3. The van der Waals surface area contributed by atoms with Crippen LogP contribution in [0.3, 0.4) is 0 Å². The van der Waals surface area contributed by atoms with Crippen LogP contribution >= 0.6 is 0 Å². The quantitative estimate of drug-likeness (QED) is 0.194. The molecule has 4 aliphatic rings. The Bertz CT molecular complexity index is 1180. The number of hydrogen-bond acceptors (Lipinski definition) is 9. The van der Waals surface area contributed by atoms with Gasteiger partial charge in [-0.15, -0.1) is 0 Å². The van der Waals surface area contributed by atoms with Crippen LogP contribution in [0.15, 0.2) is 0 Å². The average molecular weight is 647 g/mol. The fourth-order valence-corrected chi connectivity index (χ4v) is 11.2. The fraction of sp³-hybridized carbons (Fsp3) is 0.865. The van der Waals surface area contributed by atoms with Crippen LogP contribution in [0.5, 0.6) is 0 Å². The van der Waals surface area contributed by atoms with E-state index in [1.165, 1.54) is 27.7 Å². The zero-order valence-electron chi connectivity index (χ0n) is 29.8. The van der Waals surface area contributed by atoms with E-state index >= 15 is 0 Å². The van der Waals surface area contributed by atoms with Crippen LogP contribution in [0.1, 0.15) is 121 Å². The van der Waals surface area contributed by atoms with Gasteiger partial charge in [0.05, 0.1) is 0 Å². The van der Waals surface area contributed by atoms with Gasteiger partial charge in [-0.25, -0.2) is 0 Å². The smallest absolute Gasteiger partial charge is 0.303 e. The molecule has 260 valence electrons. The molecule has 13 atom stereocenters. The van der Waals surface area contributed by atoms with Crippen LogP contribution in [0.2, 0.25) is 0 Å². The van der Waals surface area contributed by atoms with Gasteiger partial charge in [0.2, 0.25) is 0 Å². The molecule has 4 fully saturated rings. The molecule has 46 heavy (non-hydrogen) atoms. The summed E-state index contributed by atoms with van der Waals surface area (Å²) in [5, 5.41) is 0. The highest BCUT2D eigenvalue weighted by Crippen LogP contribution is 2.68. The molecule has 4 rings (SSSR count). The number of carbonyl (C=O) groups excluding carboxylic acids is 5. The second-order valence-electron chi connectivity index (χ2n) is 15.9. The molecule has 0 aromatic rings. The summed E-state index contributed by atoms with van der Waals surface area (Å²) in [5.74, 6) is -0.389. The first kappa shape index (κ1) is 36.4. The van der Waals surface area contributed by atoms with E-state index in [-0.39, 0.29) is 70.0 Å². The van der Waals surface area contributed by atoms with Gasteiger partial charge >= 0.3 is 23.9 Å². The number of hydrogen-bond donors (Lipinski definition) is 0. The number of esters is 4. The van der Waals surface area contributed by atoms with Crippen molar-refractivity contribution >= 4 is 29.7 Å². The van der Waals surface area contributed by atoms with Crippen molar-refractivity contribution in [2.75, 3.05) is 0 Å². The maximum Gasteiger partial charge on any atom is 0.303 e. The monoisotopic (exact) mass is 646 g/mol. The minimum Gasteiger partial charge on any atom is -0.459 e. The maximum absolute atomic E-state index is 14.0. The van der Waals surface area contributed by atoms with Gasteiger partial charge in [-0.2, -0.15) is 0 Å². The van der Waals surface area contributed by atoms with Crippen LogP contribution in [0.4, 0.5) is 0 Å². The predicted octanol–water partition coefficient (Wildman–Crippen LogP) is 6.48. The number of carbonyl (C=O) groups is 5. The second-order valence-corrected chi connectivity index (χ2v) is 15.9. The van der Waals surface area contributed by atoms with E-state index in [4.69, 9.17) is 18.9 Å². The van der Waals surface area contributed by atoms with Crippen molar-refractivity contribution in [3.63, 3.8) is 0 Å². The molecule has 0 N–H and O–H groups in total. The number of ketones is 1. The topological polar surface area (TPSA) is 122 Å². The molecule has 0 aromatic heterocycles. The summed E-state index contributed by atoms with van der Waals surface area (Å²) in [6, 6.07) is 0. The van der Waals surface area contributed by atoms with Crippen LogP contribution in [0, 0.1) is 58.2 Å². The Labute approximate surface area is 275 Å². The lowest BCUT2D eigenvalue weighted by atomic mass is 9.43. The van der Waals surface area contributed by atoms with E-state index in [9.17, 15) is 24.0 Å². The van der Waals surface area contributed by atoms with Gasteiger partial charge < -0.3 is 18.9 Å². The van der Waals surface area contributed by atoms with Crippen LogP contribution in [0.25, 0.3) is 0 Å². The summed E-state index contributed by atoms with van der Waals surface area (Å²) in [6.45, 7) is 18.6. The Kier molecular flexibility index (Phi) is 11.0. The van der Waals surface area contributed by atoms with Crippen LogP contribution < -0.4 is 0 Å². The molecule has 0 spiro atoms. The Morgan fingerprint density at radius 3 is 1.89 bits per heavy atom. The average Bonchev–Trinajstić information content (AvgIpc) is 3.28. The molecular formula is C37H58O9. The van der Waals surface area contributed by atoms with Crippen molar-refractivity contribution in [1.82, 2.24) is 0 Å². The van der Waals surface area contributed by atoms with E-state index in [0.29, 0.717) is 25.2 Å². The number of rotatable bonds is 10. The number of Topliss-reactive ketones (excluding diaryl/α,β-unsaturated/α-hetero) is 1. The van der Waals surface area contributed by atoms with Gasteiger partial charge in [-0.3, -0.25) is 24.0 Å². The zero-order valence-corrected chi connectivity index (χ0v) is 29.8. The first-order chi connectivity index (χ1) is 21.4. The lowest BCUT2D eigenvalue weighted by Gasteiger charge is -2.61. The molecule has 9 nitrogen and oxygen atoms in total. The third-order valence-corrected chi connectivity index (χ3v) is 13.0. The van der Waals surface area contributed by atoms with Gasteiger partial charge in [0.15, 0.2) is 0 Å². The van der Waals surface area contributed by atoms with Crippen molar-refractivity contribution in [3.05, 3.63) is 0 Å². The molecule has 0 bridgehead atoms. The number of ether oxygens (including phenoxy) is 4. The SMILES string of the molecule is CC[C@@H](C(C)C)[C@@H](OC(C)=O)[C@H](OC(C)=O)[C@@H](C)[C@H]1CC[C@H]2[C@@H]3CC(=O)[C@H]4C[C@H](OC(C)=O)[C@H](OC(C)=O)C[C@]4(C)[C@H]3CC[C@]12C. The normalized spacial score (nSPS) is 37.9. The van der Waals surface area contributed by atoms with Crippen molar-refractivity contribution < 1.29 is 42.9 Å². The van der Waals surface area contributed by atoms with Gasteiger partial charge in [0.1, 0.15) is 30.2 Å². The number of fused-ring (bicyclic) bond motifs is 5. The van der Waals surface area contributed by atoms with Crippen LogP contribution in [-0.4, -0.2) is 54.1 Å². The van der Waals surface area contributed by atoms with E-state index in [1.807, 2.05) is 0 Å². The molecule has 0 radical (unpaired) electrons. The Morgan fingerprint density at radius 2 is 1.35 bits per heavy atom. The minimum atomic E-state index is -0.619. The molecule has 0 heterocycles. The van der Waals surface area contributed by atoms with E-state index in [0.717, 1.165) is 32.1 Å². The minimum absolute atomic E-state index is 0.0385. The second kappa shape index (κ2) is 14.0. The first-order valence-electron chi connectivity index (χ1n) is 17.7. The van der Waals surface area contributed by atoms with Gasteiger partial charge in [0.25, 0.3) is 0 Å². The fourth-order valence-electron chi connectivity index (χ4n) is 11.2. The molecule has 9 heteroatoms. The van der Waals surface area contributed by atoms with Crippen molar-refractivity contribution in [1.29, 1.82) is 0 Å². The van der Waals surface area contributed by atoms with E-state index in [1.54, 1.807) is 0 Å². The largest absolute Gasteiger partial charge is 0.459 e. The predicted molar refractivity (Wildman–Crippen MR) is 171 cm³/mol.